The molecule has 2 aromatic carbocycles. The van der Waals surface area contributed by atoms with E-state index < -0.39 is 17.8 Å². The molecule has 9 nitrogen and oxygen atoms in total. The summed E-state index contributed by atoms with van der Waals surface area (Å²) in [6.07, 6.45) is -2.66. The summed E-state index contributed by atoms with van der Waals surface area (Å²) in [6.45, 7) is 1.69. The van der Waals surface area contributed by atoms with Gasteiger partial charge in [-0.15, -0.1) is 0 Å². The highest BCUT2D eigenvalue weighted by Crippen LogP contribution is 2.37. The average Bonchev–Trinajstić information content (AvgIpc) is 2.81. The van der Waals surface area contributed by atoms with Gasteiger partial charge >= 0.3 is 12.0 Å². The lowest BCUT2D eigenvalue weighted by atomic mass is 10.2. The fourth-order valence-electron chi connectivity index (χ4n) is 2.88. The number of carbonyl (C=O) groups excluding carboxylic acids is 2. The summed E-state index contributed by atoms with van der Waals surface area (Å²) in [5.74, 6) is -2.35. The molecule has 1 amide bonds. The summed E-state index contributed by atoms with van der Waals surface area (Å²) in [4.78, 5) is 30.8. The number of carbonyl (C=O) groups is 2. The van der Waals surface area contributed by atoms with E-state index in [1.54, 1.807) is 31.2 Å². The SMILES string of the molecule is CCC(=O)COc1cccc(Nc2ncc(F)c(Nc3ccc4c(c3)NC(=O)C(F)(F)O4)n2)c1. The van der Waals surface area contributed by atoms with Gasteiger partial charge in [-0.1, -0.05) is 13.0 Å². The third-order valence-corrected chi connectivity index (χ3v) is 4.62. The number of amides is 1. The van der Waals surface area contributed by atoms with E-state index in [1.807, 2.05) is 5.32 Å². The van der Waals surface area contributed by atoms with Crippen LogP contribution in [-0.2, 0) is 9.59 Å². The molecule has 1 aliphatic rings. The lowest BCUT2D eigenvalue weighted by Crippen LogP contribution is -2.43. The molecular weight excluding hydrogens is 455 g/mol. The molecule has 0 saturated carbocycles. The van der Waals surface area contributed by atoms with E-state index in [2.05, 4.69) is 25.3 Å². The maximum Gasteiger partial charge on any atom is 0.482 e. The zero-order valence-electron chi connectivity index (χ0n) is 17.7. The van der Waals surface area contributed by atoms with E-state index in [-0.39, 0.29) is 41.3 Å². The van der Waals surface area contributed by atoms with Crippen LogP contribution < -0.4 is 25.4 Å². The van der Waals surface area contributed by atoms with Gasteiger partial charge < -0.3 is 25.4 Å². The lowest BCUT2D eigenvalue weighted by Gasteiger charge is -2.25. The Labute approximate surface area is 191 Å². The number of benzene rings is 2. The van der Waals surface area contributed by atoms with Crippen LogP contribution in [0.15, 0.2) is 48.7 Å². The Morgan fingerprint density at radius 2 is 1.97 bits per heavy atom. The molecule has 34 heavy (non-hydrogen) atoms. The van der Waals surface area contributed by atoms with Gasteiger partial charge in [0.15, 0.2) is 23.2 Å². The van der Waals surface area contributed by atoms with Crippen LogP contribution in [0.5, 0.6) is 11.5 Å². The van der Waals surface area contributed by atoms with Gasteiger partial charge in [0, 0.05) is 23.9 Å². The maximum absolute atomic E-state index is 14.3. The Balaban J connectivity index is 1.49. The monoisotopic (exact) mass is 473 g/mol. The number of hydrogen-bond donors (Lipinski definition) is 3. The largest absolute Gasteiger partial charge is 0.486 e. The minimum Gasteiger partial charge on any atom is -0.486 e. The summed E-state index contributed by atoms with van der Waals surface area (Å²) in [5.41, 5.74) is 0.785. The van der Waals surface area contributed by atoms with Crippen molar-refractivity contribution in [3.63, 3.8) is 0 Å². The standard InChI is InChI=1S/C22H18F3N5O4/c1-2-14(31)11-33-15-5-3-4-12(8-15)28-21-26-10-16(23)19(30-21)27-13-6-7-18-17(9-13)29-20(32)22(24,25)34-18/h3-10H,2,11H2,1H3,(H,29,32)(H2,26,27,28,30). The number of halogens is 3. The Kier molecular flexibility index (Phi) is 6.21. The Morgan fingerprint density at radius 3 is 2.76 bits per heavy atom. The highest BCUT2D eigenvalue weighted by Gasteiger charge is 2.46. The zero-order valence-corrected chi connectivity index (χ0v) is 17.7. The van der Waals surface area contributed by atoms with Crippen LogP contribution in [0.2, 0.25) is 0 Å². The second-order valence-electron chi connectivity index (χ2n) is 7.13. The molecule has 2 heterocycles. The number of nitrogens with one attached hydrogen (secondary N) is 3. The first-order valence-corrected chi connectivity index (χ1v) is 10.1. The van der Waals surface area contributed by atoms with Crippen molar-refractivity contribution in [3.8, 4) is 11.5 Å². The van der Waals surface area contributed by atoms with Gasteiger partial charge in [-0.3, -0.25) is 9.59 Å². The van der Waals surface area contributed by atoms with E-state index in [0.29, 0.717) is 17.9 Å². The van der Waals surface area contributed by atoms with Crippen molar-refractivity contribution in [3.05, 3.63) is 54.5 Å². The number of Topliss-reactive ketones (excluding diaryl/α,β-unsaturated/α-hetero) is 1. The van der Waals surface area contributed by atoms with Crippen LogP contribution in [0.3, 0.4) is 0 Å². The first-order chi connectivity index (χ1) is 16.2. The number of nitrogens with zero attached hydrogens (tertiary/aromatic N) is 2. The molecule has 0 atom stereocenters. The molecular formula is C22H18F3N5O4. The number of alkyl halides is 2. The molecule has 0 unspecified atom stereocenters. The zero-order chi connectivity index (χ0) is 24.3. The smallest absolute Gasteiger partial charge is 0.482 e. The summed E-state index contributed by atoms with van der Waals surface area (Å²) in [7, 11) is 0. The van der Waals surface area contributed by atoms with E-state index in [9.17, 15) is 22.8 Å². The molecule has 176 valence electrons. The summed E-state index contributed by atoms with van der Waals surface area (Å²) in [6, 6.07) is 10.6. The Bertz CT molecular complexity index is 1250. The summed E-state index contributed by atoms with van der Waals surface area (Å²) in [5, 5.41) is 7.66. The second-order valence-corrected chi connectivity index (χ2v) is 7.13. The normalized spacial score (nSPS) is 13.8. The molecule has 0 fully saturated rings. The van der Waals surface area contributed by atoms with Crippen LogP contribution in [0.1, 0.15) is 13.3 Å². The van der Waals surface area contributed by atoms with Gasteiger partial charge in [-0.25, -0.2) is 9.37 Å². The van der Waals surface area contributed by atoms with Gasteiger partial charge in [0.2, 0.25) is 5.95 Å². The van der Waals surface area contributed by atoms with E-state index in [4.69, 9.17) is 4.74 Å². The van der Waals surface area contributed by atoms with Gasteiger partial charge in [-0.05, 0) is 30.3 Å². The molecule has 0 spiro atoms. The van der Waals surface area contributed by atoms with Crippen LogP contribution in [0.25, 0.3) is 0 Å². The fraction of sp³-hybridized carbons (Fsp3) is 0.182. The second kappa shape index (κ2) is 9.25. The summed E-state index contributed by atoms with van der Waals surface area (Å²) < 4.78 is 50.9. The minimum atomic E-state index is -3.98. The first kappa shape index (κ1) is 22.8. The number of aromatic nitrogens is 2. The van der Waals surface area contributed by atoms with Gasteiger partial charge in [0.25, 0.3) is 0 Å². The number of hydrogen-bond acceptors (Lipinski definition) is 8. The third kappa shape index (κ3) is 5.17. The van der Waals surface area contributed by atoms with E-state index >= 15 is 0 Å². The third-order valence-electron chi connectivity index (χ3n) is 4.62. The molecule has 1 aromatic heterocycles. The highest BCUT2D eigenvalue weighted by atomic mass is 19.3. The molecule has 0 saturated heterocycles. The van der Waals surface area contributed by atoms with Crippen LogP contribution >= 0.6 is 0 Å². The molecule has 4 rings (SSSR count). The van der Waals surface area contributed by atoms with Crippen LogP contribution in [0.4, 0.5) is 42.0 Å². The van der Waals surface area contributed by atoms with Crippen molar-refractivity contribution in [1.82, 2.24) is 9.97 Å². The Morgan fingerprint density at radius 1 is 1.18 bits per heavy atom. The summed E-state index contributed by atoms with van der Waals surface area (Å²) >= 11 is 0. The van der Waals surface area contributed by atoms with Crippen molar-refractivity contribution >= 4 is 40.5 Å². The van der Waals surface area contributed by atoms with Crippen molar-refractivity contribution in [2.75, 3.05) is 22.6 Å². The predicted molar refractivity (Wildman–Crippen MR) is 116 cm³/mol. The molecule has 1 aliphatic heterocycles. The van der Waals surface area contributed by atoms with E-state index in [1.165, 1.54) is 18.2 Å². The minimum absolute atomic E-state index is 0.00731. The van der Waals surface area contributed by atoms with Crippen LogP contribution in [0, 0.1) is 5.82 Å². The topological polar surface area (TPSA) is 114 Å². The molecule has 3 N–H and O–H groups in total. The van der Waals surface area contributed by atoms with Crippen molar-refractivity contribution in [2.24, 2.45) is 0 Å². The van der Waals surface area contributed by atoms with Gasteiger partial charge in [-0.2, -0.15) is 13.8 Å². The number of rotatable bonds is 8. The number of anilines is 5. The molecule has 12 heteroatoms. The van der Waals surface area contributed by atoms with Crippen LogP contribution in [-0.4, -0.2) is 34.4 Å². The maximum atomic E-state index is 14.3. The average molecular weight is 473 g/mol. The predicted octanol–water partition coefficient (Wildman–Crippen LogP) is 4.38. The van der Waals surface area contributed by atoms with E-state index in [0.717, 1.165) is 6.20 Å². The number of fused-ring (bicyclic) bond motifs is 1. The fourth-order valence-corrected chi connectivity index (χ4v) is 2.88. The highest BCUT2D eigenvalue weighted by molar-refractivity contribution is 5.99. The van der Waals surface area contributed by atoms with Crippen molar-refractivity contribution in [1.29, 1.82) is 0 Å². The number of ketones is 1. The van der Waals surface area contributed by atoms with Gasteiger partial charge in [0.05, 0.1) is 11.9 Å². The van der Waals surface area contributed by atoms with Crippen molar-refractivity contribution in [2.45, 2.75) is 19.5 Å². The molecule has 0 radical (unpaired) electrons. The first-order valence-electron chi connectivity index (χ1n) is 10.1. The van der Waals surface area contributed by atoms with Crippen molar-refractivity contribution < 1.29 is 32.2 Å². The van der Waals surface area contributed by atoms with Gasteiger partial charge in [0.1, 0.15) is 12.4 Å². The molecule has 0 aliphatic carbocycles. The quantitative estimate of drug-likeness (QED) is 0.442. The Hall–Kier alpha value is -4.35. The lowest BCUT2D eigenvalue weighted by molar-refractivity contribution is -0.189. The molecule has 3 aromatic rings. The molecule has 0 bridgehead atoms. The number of ether oxygens (including phenoxy) is 2.